The number of sulfonamides is 1. The van der Waals surface area contributed by atoms with Gasteiger partial charge in [-0.1, -0.05) is 49.2 Å². The van der Waals surface area contributed by atoms with Crippen molar-refractivity contribution in [3.8, 4) is 17.1 Å². The Morgan fingerprint density at radius 3 is 2.29 bits per heavy atom. The Morgan fingerprint density at radius 2 is 1.60 bits per heavy atom. The minimum absolute atomic E-state index is 0.0697. The zero-order valence-electron chi connectivity index (χ0n) is 19.9. The predicted octanol–water partition coefficient (Wildman–Crippen LogP) is 3.75. The number of aromatic hydroxyl groups is 1. The molecule has 1 aliphatic rings. The molecule has 9 heteroatoms. The van der Waals surface area contributed by atoms with E-state index >= 15 is 0 Å². The van der Waals surface area contributed by atoms with Crippen LogP contribution in [-0.4, -0.2) is 62.1 Å². The molecule has 184 valence electrons. The highest BCUT2D eigenvalue weighted by Crippen LogP contribution is 2.39. The minimum Gasteiger partial charge on any atom is -0.494 e. The lowest BCUT2D eigenvalue weighted by Crippen LogP contribution is -2.24. The van der Waals surface area contributed by atoms with Gasteiger partial charge < -0.3 is 15.0 Å². The molecule has 0 bridgehead atoms. The second kappa shape index (κ2) is 10.2. The Bertz CT molecular complexity index is 1360. The average Bonchev–Trinajstić information content (AvgIpc) is 3.19. The fourth-order valence-electron chi connectivity index (χ4n) is 4.34. The molecule has 0 atom stereocenters. The van der Waals surface area contributed by atoms with Crippen molar-refractivity contribution >= 4 is 21.5 Å². The van der Waals surface area contributed by atoms with Gasteiger partial charge in [0.05, 0.1) is 27.4 Å². The zero-order chi connectivity index (χ0) is 25.2. The summed E-state index contributed by atoms with van der Waals surface area (Å²) in [6.45, 7) is 1.40. The van der Waals surface area contributed by atoms with Crippen LogP contribution in [0, 0.1) is 5.41 Å². The monoisotopic (exact) mass is 494 g/mol. The van der Waals surface area contributed by atoms with E-state index in [1.54, 1.807) is 36.4 Å². The normalized spacial score (nSPS) is 13.2. The number of hydrogen-bond donors (Lipinski definition) is 4. The van der Waals surface area contributed by atoms with E-state index in [1.165, 1.54) is 12.1 Å². The van der Waals surface area contributed by atoms with Crippen LogP contribution in [0.5, 0.6) is 5.88 Å². The van der Waals surface area contributed by atoms with Gasteiger partial charge in [0, 0.05) is 17.7 Å². The van der Waals surface area contributed by atoms with Gasteiger partial charge in [0.2, 0.25) is 10.0 Å². The number of carbonyl (C=O) groups excluding carboxylic acids is 1. The molecule has 0 aliphatic heterocycles. The number of unbranched alkanes of at least 4 members (excludes halogenated alkanes) is 3. The van der Waals surface area contributed by atoms with E-state index in [4.69, 9.17) is 5.41 Å². The molecular weight excluding hydrogens is 464 g/mol. The number of fused-ring (bicyclic) bond motifs is 2. The second-order valence-electron chi connectivity index (χ2n) is 8.99. The van der Waals surface area contributed by atoms with Crippen LogP contribution in [0.3, 0.4) is 0 Å². The van der Waals surface area contributed by atoms with Gasteiger partial charge in [0.1, 0.15) is 0 Å². The maximum Gasteiger partial charge on any atom is 0.240 e. The molecule has 1 heterocycles. The first-order chi connectivity index (χ1) is 16.7. The number of carbonyl (C=O) groups is 1. The summed E-state index contributed by atoms with van der Waals surface area (Å²) >= 11 is 0. The molecule has 0 amide bonds. The van der Waals surface area contributed by atoms with Crippen molar-refractivity contribution < 1.29 is 18.3 Å². The Labute approximate surface area is 205 Å². The molecule has 2 aromatic carbocycles. The highest BCUT2D eigenvalue weighted by molar-refractivity contribution is 7.89. The van der Waals surface area contributed by atoms with E-state index in [2.05, 4.69) is 14.6 Å². The van der Waals surface area contributed by atoms with Gasteiger partial charge in [-0.15, -0.1) is 0 Å². The van der Waals surface area contributed by atoms with Crippen LogP contribution in [0.1, 0.15) is 52.7 Å². The molecule has 1 aliphatic carbocycles. The Morgan fingerprint density at radius 1 is 0.943 bits per heavy atom. The van der Waals surface area contributed by atoms with Crippen LogP contribution in [0.2, 0.25) is 0 Å². The molecule has 1 aromatic heterocycles. The van der Waals surface area contributed by atoms with Crippen molar-refractivity contribution in [2.45, 2.75) is 30.6 Å². The second-order valence-corrected chi connectivity index (χ2v) is 10.8. The van der Waals surface area contributed by atoms with Crippen LogP contribution in [0.15, 0.2) is 53.4 Å². The summed E-state index contributed by atoms with van der Waals surface area (Å²) in [5.74, 6) is -0.547. The van der Waals surface area contributed by atoms with Crippen molar-refractivity contribution in [1.82, 2.24) is 14.6 Å². The van der Waals surface area contributed by atoms with Gasteiger partial charge in [-0.2, -0.15) is 0 Å². The summed E-state index contributed by atoms with van der Waals surface area (Å²) in [6, 6.07) is 13.0. The molecule has 0 unspecified atom stereocenters. The number of aromatic amines is 1. The van der Waals surface area contributed by atoms with Gasteiger partial charge in [-0.3, -0.25) is 10.2 Å². The third-order valence-electron chi connectivity index (χ3n) is 6.18. The summed E-state index contributed by atoms with van der Waals surface area (Å²) in [5.41, 5.74) is 2.21. The Kier molecular flexibility index (Phi) is 7.20. The standard InChI is InChI=1S/C26H30N4O4S/c1-30(2)16-8-4-3-7-15-28-35(33,34)18-13-11-17(12-14-18)24-22-21(26(32)29-24)23(27)19-9-5-6-10-20(19)25(22)31/h5-6,9-14,27-29,32H,3-4,7-8,15-16H2,1-2H3. The number of ketones is 1. The smallest absolute Gasteiger partial charge is 0.240 e. The average molecular weight is 495 g/mol. The number of aromatic nitrogens is 1. The zero-order valence-corrected chi connectivity index (χ0v) is 20.7. The molecule has 35 heavy (non-hydrogen) atoms. The lowest BCUT2D eigenvalue weighted by atomic mass is 9.84. The van der Waals surface area contributed by atoms with E-state index < -0.39 is 10.0 Å². The van der Waals surface area contributed by atoms with E-state index in [1.807, 2.05) is 14.1 Å². The third-order valence-corrected chi connectivity index (χ3v) is 7.65. The largest absolute Gasteiger partial charge is 0.494 e. The lowest BCUT2D eigenvalue weighted by Gasteiger charge is -2.17. The predicted molar refractivity (Wildman–Crippen MR) is 136 cm³/mol. The number of nitrogens with one attached hydrogen (secondary N) is 3. The van der Waals surface area contributed by atoms with E-state index in [0.29, 0.717) is 28.9 Å². The van der Waals surface area contributed by atoms with Crippen molar-refractivity contribution in [1.29, 1.82) is 5.41 Å². The van der Waals surface area contributed by atoms with E-state index in [0.717, 1.165) is 32.2 Å². The van der Waals surface area contributed by atoms with Crippen LogP contribution >= 0.6 is 0 Å². The molecule has 3 aromatic rings. The summed E-state index contributed by atoms with van der Waals surface area (Å²) in [7, 11) is 0.417. The molecule has 0 radical (unpaired) electrons. The maximum absolute atomic E-state index is 13.2. The van der Waals surface area contributed by atoms with E-state index in [-0.39, 0.29) is 33.4 Å². The highest BCUT2D eigenvalue weighted by Gasteiger charge is 2.34. The van der Waals surface area contributed by atoms with Crippen LogP contribution in [-0.2, 0) is 10.0 Å². The van der Waals surface area contributed by atoms with Crippen LogP contribution < -0.4 is 4.72 Å². The van der Waals surface area contributed by atoms with E-state index in [9.17, 15) is 18.3 Å². The molecular formula is C26H30N4O4S. The first kappa shape index (κ1) is 24.8. The molecule has 4 N–H and O–H groups in total. The molecule has 4 rings (SSSR count). The fraction of sp³-hybridized carbons (Fsp3) is 0.308. The van der Waals surface area contributed by atoms with Crippen LogP contribution in [0.25, 0.3) is 11.3 Å². The Balaban J connectivity index is 1.48. The number of H-pyrrole nitrogens is 1. The molecule has 8 nitrogen and oxygen atoms in total. The first-order valence-corrected chi connectivity index (χ1v) is 13.1. The molecule has 0 fully saturated rings. The van der Waals surface area contributed by atoms with Gasteiger partial charge in [-0.05, 0) is 51.2 Å². The fourth-order valence-corrected chi connectivity index (χ4v) is 5.41. The minimum atomic E-state index is -3.66. The van der Waals surface area contributed by atoms with Crippen molar-refractivity contribution in [3.63, 3.8) is 0 Å². The lowest BCUT2D eigenvalue weighted by molar-refractivity contribution is 0.103. The van der Waals surface area contributed by atoms with Crippen LogP contribution in [0.4, 0.5) is 0 Å². The van der Waals surface area contributed by atoms with Gasteiger partial charge >= 0.3 is 0 Å². The number of rotatable bonds is 10. The number of benzene rings is 2. The SMILES string of the molecule is CN(C)CCCCCCNS(=O)(=O)c1ccc(-c2[nH]c(O)c3c2C(=O)c2ccccc2C3=N)cc1. The quantitative estimate of drug-likeness (QED) is 0.250. The van der Waals surface area contributed by atoms with Crippen molar-refractivity contribution in [2.24, 2.45) is 0 Å². The third kappa shape index (κ3) is 5.07. The summed E-state index contributed by atoms with van der Waals surface area (Å²) in [4.78, 5) is 18.3. The van der Waals surface area contributed by atoms with Gasteiger partial charge in [-0.25, -0.2) is 13.1 Å². The van der Waals surface area contributed by atoms with Crippen molar-refractivity contribution in [2.75, 3.05) is 27.2 Å². The summed E-state index contributed by atoms with van der Waals surface area (Å²) < 4.78 is 28.0. The number of hydrogen-bond acceptors (Lipinski definition) is 6. The van der Waals surface area contributed by atoms with Crippen molar-refractivity contribution in [3.05, 3.63) is 70.8 Å². The van der Waals surface area contributed by atoms with Gasteiger partial charge in [0.15, 0.2) is 11.7 Å². The first-order valence-electron chi connectivity index (χ1n) is 11.6. The van der Waals surface area contributed by atoms with Gasteiger partial charge in [0.25, 0.3) is 0 Å². The summed E-state index contributed by atoms with van der Waals surface area (Å²) in [6.07, 6.45) is 3.88. The Hall–Kier alpha value is -3.27. The number of nitrogens with zero attached hydrogens (tertiary/aromatic N) is 1. The summed E-state index contributed by atoms with van der Waals surface area (Å²) in [5, 5.41) is 19.0. The highest BCUT2D eigenvalue weighted by atomic mass is 32.2. The molecule has 0 saturated carbocycles. The topological polar surface area (TPSA) is 126 Å². The molecule has 0 saturated heterocycles. The molecule has 0 spiro atoms. The maximum atomic E-state index is 13.2.